The van der Waals surface area contributed by atoms with E-state index in [9.17, 15) is 13.2 Å². The zero-order valence-corrected chi connectivity index (χ0v) is 14.5. The molecule has 128 valence electrons. The number of thiophene rings is 1. The summed E-state index contributed by atoms with van der Waals surface area (Å²) in [6, 6.07) is 8.28. The fourth-order valence-electron chi connectivity index (χ4n) is 2.10. The maximum Gasteiger partial charge on any atom is 0.250 e. The minimum atomic E-state index is -3.68. The van der Waals surface area contributed by atoms with Crippen LogP contribution in [0.2, 0.25) is 0 Å². The van der Waals surface area contributed by atoms with Gasteiger partial charge in [0.25, 0.3) is 10.0 Å². The van der Waals surface area contributed by atoms with Crippen molar-refractivity contribution >= 4 is 33.0 Å². The van der Waals surface area contributed by atoms with E-state index < -0.39 is 15.9 Å². The van der Waals surface area contributed by atoms with Crippen LogP contribution in [0.1, 0.15) is 11.8 Å². The number of aryl methyl sites for hydroxylation is 1. The zero-order chi connectivity index (χ0) is 17.2. The molecule has 0 saturated heterocycles. The highest BCUT2D eigenvalue weighted by atomic mass is 32.2. The monoisotopic (exact) mass is 368 g/mol. The summed E-state index contributed by atoms with van der Waals surface area (Å²) < 4.78 is 37.2. The molecule has 2 heterocycles. The predicted molar refractivity (Wildman–Crippen MR) is 90.1 cm³/mol. The number of ether oxygens (including phenoxy) is 2. The Kier molecular flexibility index (Phi) is 4.74. The Hall–Kier alpha value is -2.10. The molecule has 0 atom stereocenters. The summed E-state index contributed by atoms with van der Waals surface area (Å²) in [6.45, 7) is 1.75. The number of sulfonamides is 1. The molecule has 0 bridgehead atoms. The molecule has 0 fully saturated rings. The number of carbonyl (C=O) groups excluding carboxylic acids is 1. The van der Waals surface area contributed by atoms with Crippen LogP contribution in [0.3, 0.4) is 0 Å². The normalized spacial score (nSPS) is 13.0. The van der Waals surface area contributed by atoms with Gasteiger partial charge in [-0.25, -0.2) is 13.1 Å². The number of nitrogens with one attached hydrogen (secondary N) is 2. The highest BCUT2D eigenvalue weighted by Gasteiger charge is 2.18. The van der Waals surface area contributed by atoms with Crippen LogP contribution in [0.5, 0.6) is 11.5 Å². The fourth-order valence-corrected chi connectivity index (χ4v) is 4.43. The van der Waals surface area contributed by atoms with Gasteiger partial charge in [-0.05, 0) is 30.7 Å². The number of fused-ring (bicyclic) bond motifs is 1. The standard InChI is InChI=1S/C15H16N2O5S2/c1-2-11-4-6-15(23-11)24(19,20)16-8-14(18)17-10-3-5-12-13(7-10)22-9-21-12/h3-7,16H,2,8-9H2,1H3,(H,17,18). The molecule has 0 aliphatic carbocycles. The number of hydrogen-bond acceptors (Lipinski definition) is 6. The lowest BCUT2D eigenvalue weighted by molar-refractivity contribution is -0.115. The van der Waals surface area contributed by atoms with Gasteiger partial charge in [0.05, 0.1) is 6.54 Å². The first kappa shape index (κ1) is 16.7. The number of carbonyl (C=O) groups is 1. The third kappa shape index (κ3) is 3.69. The molecular formula is C15H16N2O5S2. The SMILES string of the molecule is CCc1ccc(S(=O)(=O)NCC(=O)Nc2ccc3c(c2)OCO3)s1. The molecule has 1 aromatic carbocycles. The second kappa shape index (κ2) is 6.80. The van der Waals surface area contributed by atoms with E-state index in [0.717, 1.165) is 11.3 Å². The Labute approximate surface area is 143 Å². The summed E-state index contributed by atoms with van der Waals surface area (Å²) in [5.74, 6) is 0.682. The first-order valence-electron chi connectivity index (χ1n) is 7.26. The van der Waals surface area contributed by atoms with Gasteiger partial charge in [0.1, 0.15) is 4.21 Å². The van der Waals surface area contributed by atoms with Crippen molar-refractivity contribution in [3.05, 3.63) is 35.2 Å². The van der Waals surface area contributed by atoms with Crippen molar-refractivity contribution in [2.24, 2.45) is 0 Å². The molecule has 1 aliphatic rings. The van der Waals surface area contributed by atoms with Crippen molar-refractivity contribution < 1.29 is 22.7 Å². The van der Waals surface area contributed by atoms with Crippen molar-refractivity contribution in [2.45, 2.75) is 17.6 Å². The molecule has 2 N–H and O–H groups in total. The van der Waals surface area contributed by atoms with Gasteiger partial charge in [0, 0.05) is 16.6 Å². The van der Waals surface area contributed by atoms with Crippen LogP contribution in [-0.4, -0.2) is 27.7 Å². The summed E-state index contributed by atoms with van der Waals surface area (Å²) in [5, 5.41) is 2.61. The van der Waals surface area contributed by atoms with Crippen LogP contribution in [0.25, 0.3) is 0 Å². The zero-order valence-electron chi connectivity index (χ0n) is 12.9. The van der Waals surface area contributed by atoms with Gasteiger partial charge in [-0.2, -0.15) is 0 Å². The minimum absolute atomic E-state index is 0.146. The Bertz CT molecular complexity index is 860. The van der Waals surface area contributed by atoms with E-state index in [0.29, 0.717) is 17.2 Å². The van der Waals surface area contributed by atoms with Crippen LogP contribution in [0.15, 0.2) is 34.5 Å². The van der Waals surface area contributed by atoms with Gasteiger partial charge in [0.2, 0.25) is 12.7 Å². The summed E-state index contributed by atoms with van der Waals surface area (Å²) >= 11 is 1.20. The lowest BCUT2D eigenvalue weighted by Gasteiger charge is -2.07. The molecule has 3 rings (SSSR count). The lowest BCUT2D eigenvalue weighted by Crippen LogP contribution is -2.32. The third-order valence-electron chi connectivity index (χ3n) is 3.33. The van der Waals surface area contributed by atoms with Crippen LogP contribution in [0.4, 0.5) is 5.69 Å². The van der Waals surface area contributed by atoms with E-state index in [-0.39, 0.29) is 17.5 Å². The Balaban J connectivity index is 1.59. The van der Waals surface area contributed by atoms with Crippen LogP contribution in [0, 0.1) is 0 Å². The quantitative estimate of drug-likeness (QED) is 0.813. The fraction of sp³-hybridized carbons (Fsp3) is 0.267. The van der Waals surface area contributed by atoms with Crippen molar-refractivity contribution in [1.82, 2.24) is 4.72 Å². The smallest absolute Gasteiger partial charge is 0.250 e. The van der Waals surface area contributed by atoms with Gasteiger partial charge in [-0.15, -0.1) is 11.3 Å². The topological polar surface area (TPSA) is 93.7 Å². The number of hydrogen-bond donors (Lipinski definition) is 2. The summed E-state index contributed by atoms with van der Waals surface area (Å²) in [5.41, 5.74) is 0.507. The summed E-state index contributed by atoms with van der Waals surface area (Å²) in [7, 11) is -3.68. The Morgan fingerprint density at radius 1 is 1.21 bits per heavy atom. The van der Waals surface area contributed by atoms with Crippen molar-refractivity contribution in [1.29, 1.82) is 0 Å². The molecule has 1 aliphatic heterocycles. The van der Waals surface area contributed by atoms with E-state index >= 15 is 0 Å². The predicted octanol–water partition coefficient (Wildman–Crippen LogP) is 1.96. The molecule has 1 aromatic heterocycles. The maximum atomic E-state index is 12.2. The second-order valence-electron chi connectivity index (χ2n) is 5.02. The Morgan fingerprint density at radius 3 is 2.75 bits per heavy atom. The van der Waals surface area contributed by atoms with Gasteiger partial charge < -0.3 is 14.8 Å². The van der Waals surface area contributed by atoms with Gasteiger partial charge >= 0.3 is 0 Å². The van der Waals surface area contributed by atoms with Crippen molar-refractivity contribution in [2.75, 3.05) is 18.7 Å². The van der Waals surface area contributed by atoms with E-state index in [2.05, 4.69) is 10.0 Å². The van der Waals surface area contributed by atoms with E-state index in [4.69, 9.17) is 9.47 Å². The first-order chi connectivity index (χ1) is 11.5. The highest BCUT2D eigenvalue weighted by Crippen LogP contribution is 2.34. The van der Waals surface area contributed by atoms with Crippen molar-refractivity contribution in [3.8, 4) is 11.5 Å². The van der Waals surface area contributed by atoms with Gasteiger partial charge in [0.15, 0.2) is 11.5 Å². The average Bonchev–Trinajstić information content (AvgIpc) is 3.21. The van der Waals surface area contributed by atoms with Crippen LogP contribution >= 0.6 is 11.3 Å². The first-order valence-corrected chi connectivity index (χ1v) is 9.56. The molecule has 2 aromatic rings. The third-order valence-corrected chi connectivity index (χ3v) is 6.45. The van der Waals surface area contributed by atoms with Crippen LogP contribution < -0.4 is 19.5 Å². The van der Waals surface area contributed by atoms with Gasteiger partial charge in [-0.1, -0.05) is 6.92 Å². The molecule has 7 nitrogen and oxygen atoms in total. The lowest BCUT2D eigenvalue weighted by atomic mass is 10.3. The van der Waals surface area contributed by atoms with Crippen molar-refractivity contribution in [3.63, 3.8) is 0 Å². The maximum absolute atomic E-state index is 12.2. The molecule has 9 heteroatoms. The van der Waals surface area contributed by atoms with E-state index in [1.165, 1.54) is 11.3 Å². The number of anilines is 1. The minimum Gasteiger partial charge on any atom is -0.454 e. The molecular weight excluding hydrogens is 352 g/mol. The molecule has 0 radical (unpaired) electrons. The highest BCUT2D eigenvalue weighted by molar-refractivity contribution is 7.91. The molecule has 1 amide bonds. The summed E-state index contributed by atoms with van der Waals surface area (Å²) in [6.07, 6.45) is 0.769. The van der Waals surface area contributed by atoms with Crippen LogP contribution in [-0.2, 0) is 21.2 Å². The van der Waals surface area contributed by atoms with E-state index in [1.54, 1.807) is 30.3 Å². The largest absolute Gasteiger partial charge is 0.454 e. The van der Waals surface area contributed by atoms with Gasteiger partial charge in [-0.3, -0.25) is 4.79 Å². The number of rotatable bonds is 6. The molecule has 0 saturated carbocycles. The number of amides is 1. The number of benzene rings is 1. The molecule has 0 spiro atoms. The average molecular weight is 368 g/mol. The Morgan fingerprint density at radius 2 is 2.00 bits per heavy atom. The summed E-state index contributed by atoms with van der Waals surface area (Å²) in [4.78, 5) is 12.9. The van der Waals surface area contributed by atoms with E-state index in [1.807, 2.05) is 6.92 Å². The second-order valence-corrected chi connectivity index (χ2v) is 8.18. The molecule has 24 heavy (non-hydrogen) atoms. The molecule has 0 unspecified atom stereocenters.